The first-order valence-electron chi connectivity index (χ1n) is 7.49. The molecule has 1 N–H and O–H groups in total. The smallest absolute Gasteiger partial charge is 0.128 e. The minimum atomic E-state index is 0.329. The molecule has 106 valence electrons. The van der Waals surface area contributed by atoms with Gasteiger partial charge >= 0.3 is 0 Å². The highest BCUT2D eigenvalue weighted by Gasteiger charge is 2.18. The highest BCUT2D eigenvalue weighted by Crippen LogP contribution is 2.22. The Hall–Kier alpha value is -1.09. The van der Waals surface area contributed by atoms with Crippen LogP contribution in [0.25, 0.3) is 0 Å². The van der Waals surface area contributed by atoms with E-state index in [4.69, 9.17) is 9.73 Å². The van der Waals surface area contributed by atoms with Gasteiger partial charge in [0.1, 0.15) is 5.84 Å². The van der Waals surface area contributed by atoms with E-state index >= 15 is 0 Å². The summed E-state index contributed by atoms with van der Waals surface area (Å²) >= 11 is 0. The highest BCUT2D eigenvalue weighted by molar-refractivity contribution is 6.00. The number of aliphatic imine (C=N–C) groups is 1. The van der Waals surface area contributed by atoms with E-state index in [0.717, 1.165) is 31.9 Å². The molecule has 0 aliphatic carbocycles. The molecule has 0 bridgehead atoms. The predicted molar refractivity (Wildman–Crippen MR) is 80.4 cm³/mol. The fraction of sp³-hybridized carbons (Fsp3) is 0.688. The first-order valence-corrected chi connectivity index (χ1v) is 7.49. The third-order valence-corrected chi connectivity index (χ3v) is 3.91. The zero-order valence-electron chi connectivity index (χ0n) is 12.5. The predicted octanol–water partition coefficient (Wildman–Crippen LogP) is 3.58. The number of hydrogen-bond acceptors (Lipinski definition) is 2. The van der Waals surface area contributed by atoms with Crippen LogP contribution in [0.5, 0.6) is 0 Å². The second kappa shape index (κ2) is 6.90. The molecule has 2 aliphatic rings. The molecule has 0 aromatic rings. The zero-order valence-corrected chi connectivity index (χ0v) is 12.5. The summed E-state index contributed by atoms with van der Waals surface area (Å²) in [6.45, 7) is 8.19. The summed E-state index contributed by atoms with van der Waals surface area (Å²) in [4.78, 5) is 4.87. The summed E-state index contributed by atoms with van der Waals surface area (Å²) in [6, 6.07) is 0.329. The van der Waals surface area contributed by atoms with Crippen molar-refractivity contribution in [2.75, 3.05) is 13.2 Å². The fourth-order valence-corrected chi connectivity index (χ4v) is 2.54. The Morgan fingerprint density at radius 3 is 2.95 bits per heavy atom. The van der Waals surface area contributed by atoms with Crippen LogP contribution in [-0.2, 0) is 4.74 Å². The topological polar surface area (TPSA) is 33.6 Å². The summed E-state index contributed by atoms with van der Waals surface area (Å²) in [5.74, 6) is 1.06. The van der Waals surface area contributed by atoms with Crippen molar-refractivity contribution in [3.63, 3.8) is 0 Å². The first-order chi connectivity index (χ1) is 9.20. The molecule has 3 heteroatoms. The maximum absolute atomic E-state index is 5.42. The third kappa shape index (κ3) is 3.93. The minimum Gasteiger partial charge on any atom is -0.379 e. The van der Waals surface area contributed by atoms with Gasteiger partial charge in [-0.05, 0) is 45.1 Å². The lowest BCUT2D eigenvalue weighted by Gasteiger charge is -2.13. The van der Waals surface area contributed by atoms with Crippen LogP contribution in [0.1, 0.15) is 52.9 Å². The Morgan fingerprint density at radius 1 is 1.42 bits per heavy atom. The minimum absolute atomic E-state index is 0.329. The number of nitrogens with one attached hydrogen (secondary N) is 1. The van der Waals surface area contributed by atoms with Gasteiger partial charge in [0.05, 0.1) is 12.6 Å². The van der Waals surface area contributed by atoms with E-state index in [1.54, 1.807) is 0 Å². The average molecular weight is 262 g/mol. The normalized spacial score (nSPS) is 26.4. The van der Waals surface area contributed by atoms with Crippen molar-refractivity contribution in [3.05, 3.63) is 22.9 Å². The number of amidine groups is 1. The van der Waals surface area contributed by atoms with Crippen LogP contribution in [0.2, 0.25) is 0 Å². The van der Waals surface area contributed by atoms with E-state index in [9.17, 15) is 0 Å². The molecule has 3 nitrogen and oxygen atoms in total. The lowest BCUT2D eigenvalue weighted by molar-refractivity contribution is 0.194. The Kier molecular flexibility index (Phi) is 5.20. The van der Waals surface area contributed by atoms with Gasteiger partial charge in [-0.25, -0.2) is 0 Å². The second-order valence-electron chi connectivity index (χ2n) is 5.54. The van der Waals surface area contributed by atoms with E-state index in [1.165, 1.54) is 36.1 Å². The molecule has 0 spiro atoms. The second-order valence-corrected chi connectivity index (χ2v) is 5.54. The molecular formula is C16H26N2O. The summed E-state index contributed by atoms with van der Waals surface area (Å²) in [5.41, 5.74) is 4.08. The quantitative estimate of drug-likeness (QED) is 0.840. The van der Waals surface area contributed by atoms with Gasteiger partial charge in [0, 0.05) is 12.3 Å². The van der Waals surface area contributed by atoms with Crippen LogP contribution in [-0.4, -0.2) is 25.1 Å². The number of allylic oxidation sites excluding steroid dienone is 3. The van der Waals surface area contributed by atoms with Gasteiger partial charge in [0.25, 0.3) is 0 Å². The molecule has 0 saturated carbocycles. The molecular weight excluding hydrogens is 236 g/mol. The van der Waals surface area contributed by atoms with Gasteiger partial charge in [-0.15, -0.1) is 0 Å². The number of hydrogen-bond donors (Lipinski definition) is 1. The molecule has 0 amide bonds. The van der Waals surface area contributed by atoms with Crippen molar-refractivity contribution in [2.24, 2.45) is 4.99 Å². The molecule has 0 aromatic heterocycles. The van der Waals surface area contributed by atoms with Crippen LogP contribution < -0.4 is 5.32 Å². The molecule has 1 fully saturated rings. The number of unbranched alkanes of at least 4 members (excludes halogenated alkanes) is 1. The Balaban J connectivity index is 2.19. The van der Waals surface area contributed by atoms with E-state index in [2.05, 4.69) is 32.2 Å². The highest BCUT2D eigenvalue weighted by atomic mass is 16.5. The van der Waals surface area contributed by atoms with Gasteiger partial charge in [-0.3, -0.25) is 4.99 Å². The largest absolute Gasteiger partial charge is 0.379 e. The van der Waals surface area contributed by atoms with Crippen LogP contribution in [0.15, 0.2) is 27.9 Å². The lowest BCUT2D eigenvalue weighted by atomic mass is 10.00. The molecule has 1 atom stereocenters. The van der Waals surface area contributed by atoms with Gasteiger partial charge in [-0.2, -0.15) is 0 Å². The summed E-state index contributed by atoms with van der Waals surface area (Å²) < 4.78 is 5.42. The monoisotopic (exact) mass is 262 g/mol. The summed E-state index contributed by atoms with van der Waals surface area (Å²) in [5, 5.41) is 3.46. The Labute approximate surface area is 116 Å². The van der Waals surface area contributed by atoms with Gasteiger partial charge < -0.3 is 10.1 Å². The standard InChI is InChI=1S/C16H26N2O/c1-4-5-6-14-8-7-12(2)17-16(13(14)3)18-15-9-10-19-11-15/h7,15H,4-6,8-11H2,1-3H3,(H,17,18)/t15-/m1/s1. The van der Waals surface area contributed by atoms with Crippen LogP contribution in [0, 0.1) is 0 Å². The third-order valence-electron chi connectivity index (χ3n) is 3.91. The molecule has 2 aliphatic heterocycles. The molecule has 2 rings (SSSR count). The number of nitrogens with zero attached hydrogens (tertiary/aromatic N) is 1. The fourth-order valence-electron chi connectivity index (χ4n) is 2.54. The van der Waals surface area contributed by atoms with Crippen LogP contribution in [0.3, 0.4) is 0 Å². The summed E-state index contributed by atoms with van der Waals surface area (Å²) in [7, 11) is 0. The average Bonchev–Trinajstić information content (AvgIpc) is 2.86. The first kappa shape index (κ1) is 14.3. The lowest BCUT2D eigenvalue weighted by Crippen LogP contribution is -2.25. The number of ether oxygens (including phenoxy) is 1. The van der Waals surface area contributed by atoms with Crippen LogP contribution >= 0.6 is 0 Å². The zero-order chi connectivity index (χ0) is 13.7. The molecule has 0 radical (unpaired) electrons. The van der Waals surface area contributed by atoms with Crippen molar-refractivity contribution >= 4 is 5.84 Å². The molecule has 0 unspecified atom stereocenters. The van der Waals surface area contributed by atoms with Crippen molar-refractivity contribution in [2.45, 2.75) is 58.9 Å². The van der Waals surface area contributed by atoms with Gasteiger partial charge in [0.15, 0.2) is 0 Å². The molecule has 1 saturated heterocycles. The van der Waals surface area contributed by atoms with Crippen LogP contribution in [0.4, 0.5) is 0 Å². The van der Waals surface area contributed by atoms with Gasteiger partial charge in [0.2, 0.25) is 0 Å². The molecule has 0 aromatic carbocycles. The van der Waals surface area contributed by atoms with E-state index < -0.39 is 0 Å². The number of rotatable bonds is 4. The SMILES string of the molecule is CCCCC1=C(C)C(=N[C@@H]2CCOC2)NC(C)=CC1. The van der Waals surface area contributed by atoms with Crippen molar-refractivity contribution in [1.29, 1.82) is 0 Å². The van der Waals surface area contributed by atoms with Crippen molar-refractivity contribution < 1.29 is 4.74 Å². The summed E-state index contributed by atoms with van der Waals surface area (Å²) in [6.07, 6.45) is 8.09. The van der Waals surface area contributed by atoms with E-state index in [-0.39, 0.29) is 0 Å². The Bertz CT molecular complexity index is 401. The Morgan fingerprint density at radius 2 is 2.26 bits per heavy atom. The van der Waals surface area contributed by atoms with E-state index in [1.807, 2.05) is 0 Å². The van der Waals surface area contributed by atoms with Crippen molar-refractivity contribution in [1.82, 2.24) is 5.32 Å². The van der Waals surface area contributed by atoms with E-state index in [0.29, 0.717) is 6.04 Å². The maximum atomic E-state index is 5.42. The maximum Gasteiger partial charge on any atom is 0.128 e. The molecule has 2 heterocycles. The van der Waals surface area contributed by atoms with Crippen molar-refractivity contribution in [3.8, 4) is 0 Å². The molecule has 19 heavy (non-hydrogen) atoms. The van der Waals surface area contributed by atoms with Gasteiger partial charge in [-0.1, -0.05) is 25.0 Å².